The van der Waals surface area contributed by atoms with E-state index in [1.807, 2.05) is 72.5 Å². The van der Waals surface area contributed by atoms with Crippen molar-refractivity contribution in [3.8, 4) is 0 Å². The van der Waals surface area contributed by atoms with Crippen LogP contribution in [0.2, 0.25) is 0 Å². The molecule has 224 valence electrons. The average Bonchev–Trinajstić information content (AvgIpc) is 3.73. The second-order valence-electron chi connectivity index (χ2n) is 12.0. The predicted molar refractivity (Wildman–Crippen MR) is 171 cm³/mol. The van der Waals surface area contributed by atoms with Gasteiger partial charge in [-0.3, -0.25) is 0 Å². The van der Waals surface area contributed by atoms with Crippen LogP contribution in [0, 0.1) is 12.8 Å². The van der Waals surface area contributed by atoms with E-state index < -0.39 is 11.4 Å². The van der Waals surface area contributed by atoms with Crippen LogP contribution in [0.5, 0.6) is 0 Å². The topological polar surface area (TPSA) is 56.2 Å². The van der Waals surface area contributed by atoms with Gasteiger partial charge in [-0.25, -0.2) is 4.79 Å². The Labute approximate surface area is 255 Å². The number of carbonyl (C=O) groups excluding carboxylic acids is 1. The van der Waals surface area contributed by atoms with Gasteiger partial charge in [-0.15, -0.1) is 0 Å². The Morgan fingerprint density at radius 1 is 1.02 bits per heavy atom. The number of benzene rings is 3. The van der Waals surface area contributed by atoms with Crippen molar-refractivity contribution in [3.05, 3.63) is 102 Å². The van der Waals surface area contributed by atoms with E-state index in [4.69, 9.17) is 4.74 Å². The zero-order valence-electron chi connectivity index (χ0n) is 25.3. The summed E-state index contributed by atoms with van der Waals surface area (Å²) in [4.78, 5) is 18.3. The molecule has 1 aliphatic carbocycles. The van der Waals surface area contributed by atoms with Gasteiger partial charge in [0.15, 0.2) is 0 Å². The van der Waals surface area contributed by atoms with Crippen molar-refractivity contribution in [2.75, 3.05) is 39.8 Å². The smallest absolute Gasteiger partial charge is 0.410 e. The van der Waals surface area contributed by atoms with Crippen molar-refractivity contribution in [1.82, 2.24) is 14.1 Å². The molecule has 3 aromatic rings. The molecule has 0 radical (unpaired) electrons. The minimum Gasteiger partial charge on any atom is -0.445 e. The maximum Gasteiger partial charge on any atom is 0.410 e. The first-order chi connectivity index (χ1) is 20.4. The highest BCUT2D eigenvalue weighted by Crippen LogP contribution is 2.57. The molecule has 1 saturated carbocycles. The normalized spacial score (nSPS) is 21.7. The summed E-state index contributed by atoms with van der Waals surface area (Å²) in [6.45, 7) is 9.12. The second kappa shape index (κ2) is 14.1. The molecule has 6 nitrogen and oxygen atoms in total. The van der Waals surface area contributed by atoms with Crippen LogP contribution in [-0.2, 0) is 28.1 Å². The number of carbonyl (C=O) groups is 1. The highest BCUT2D eigenvalue weighted by Gasteiger charge is 2.57. The van der Waals surface area contributed by atoms with Gasteiger partial charge in [-0.2, -0.15) is 4.55 Å². The van der Waals surface area contributed by atoms with Crippen molar-refractivity contribution in [3.63, 3.8) is 0 Å². The molecule has 1 unspecified atom stereocenters. The summed E-state index contributed by atoms with van der Waals surface area (Å²) in [5.74, 6) is 0.590. The highest BCUT2D eigenvalue weighted by atomic mass is 32.2. The molecular formula is C35H46N3O3S+. The molecule has 1 heterocycles. The summed E-state index contributed by atoms with van der Waals surface area (Å²) >= 11 is -0.933. The van der Waals surface area contributed by atoms with Crippen molar-refractivity contribution in [2.45, 2.75) is 62.5 Å². The SMILES string of the molecule is CCN(C(=O)OCc1ccccc1)C1CCN(CC[C@@H]2C[C@@]2(CN(C)[S+](O)c2ccccc2)c2cccc(C)c2)CC1. The number of ether oxygens (including phenoxy) is 1. The molecule has 1 amide bonds. The summed E-state index contributed by atoms with van der Waals surface area (Å²) in [5.41, 5.74) is 3.77. The molecule has 5 rings (SSSR count). The average molecular weight is 589 g/mol. The van der Waals surface area contributed by atoms with Gasteiger partial charge >= 0.3 is 6.09 Å². The number of nitrogens with zero attached hydrogens (tertiary/aromatic N) is 3. The van der Waals surface area contributed by atoms with E-state index in [0.717, 1.165) is 62.3 Å². The zero-order chi connectivity index (χ0) is 29.5. The van der Waals surface area contributed by atoms with E-state index in [9.17, 15) is 9.35 Å². The zero-order valence-corrected chi connectivity index (χ0v) is 26.1. The van der Waals surface area contributed by atoms with E-state index in [2.05, 4.69) is 47.4 Å². The van der Waals surface area contributed by atoms with Crippen LogP contribution in [0.1, 0.15) is 49.3 Å². The number of rotatable bonds is 12. The Balaban J connectivity index is 1.14. The van der Waals surface area contributed by atoms with Gasteiger partial charge in [0.25, 0.3) is 11.4 Å². The molecule has 0 bridgehead atoms. The van der Waals surface area contributed by atoms with Gasteiger partial charge in [0.2, 0.25) is 4.90 Å². The number of amides is 1. The van der Waals surface area contributed by atoms with Crippen molar-refractivity contribution in [1.29, 1.82) is 0 Å². The van der Waals surface area contributed by atoms with E-state index in [1.54, 1.807) is 0 Å². The lowest BCUT2D eigenvalue weighted by Crippen LogP contribution is -2.47. The van der Waals surface area contributed by atoms with E-state index in [1.165, 1.54) is 11.1 Å². The number of hydrogen-bond donors (Lipinski definition) is 1. The maximum absolute atomic E-state index is 12.9. The molecule has 3 aromatic carbocycles. The summed E-state index contributed by atoms with van der Waals surface area (Å²) in [7, 11) is 2.05. The minimum absolute atomic E-state index is 0.0728. The van der Waals surface area contributed by atoms with Crippen LogP contribution in [0.25, 0.3) is 0 Å². The summed E-state index contributed by atoms with van der Waals surface area (Å²) in [5, 5.41) is 0. The number of likely N-dealkylation sites (tertiary alicyclic amines) is 1. The minimum atomic E-state index is -0.933. The molecular weight excluding hydrogens is 542 g/mol. The fraction of sp³-hybridized carbons (Fsp3) is 0.457. The molecule has 0 aromatic heterocycles. The Bertz CT molecular complexity index is 1280. The molecule has 2 fully saturated rings. The van der Waals surface area contributed by atoms with Gasteiger partial charge < -0.3 is 14.5 Å². The van der Waals surface area contributed by atoms with Crippen molar-refractivity contribution in [2.24, 2.45) is 5.92 Å². The van der Waals surface area contributed by atoms with Crippen molar-refractivity contribution < 1.29 is 14.1 Å². The van der Waals surface area contributed by atoms with Gasteiger partial charge in [-0.1, -0.05) is 82.7 Å². The first-order valence-electron chi connectivity index (χ1n) is 15.4. The van der Waals surface area contributed by atoms with Crippen LogP contribution < -0.4 is 0 Å². The second-order valence-corrected chi connectivity index (χ2v) is 13.6. The monoisotopic (exact) mass is 588 g/mol. The molecule has 7 heteroatoms. The highest BCUT2D eigenvalue weighted by molar-refractivity contribution is 7.89. The van der Waals surface area contributed by atoms with Crippen LogP contribution in [0.3, 0.4) is 0 Å². The third kappa shape index (κ3) is 7.38. The predicted octanol–water partition coefficient (Wildman–Crippen LogP) is 6.76. The van der Waals surface area contributed by atoms with E-state index in [-0.39, 0.29) is 17.6 Å². The van der Waals surface area contributed by atoms with E-state index in [0.29, 0.717) is 19.1 Å². The lowest BCUT2D eigenvalue weighted by Gasteiger charge is -2.37. The van der Waals surface area contributed by atoms with Gasteiger partial charge in [-0.05, 0) is 75.3 Å². The first kappa shape index (κ1) is 30.6. The molecule has 1 saturated heterocycles. The molecule has 1 aliphatic heterocycles. The van der Waals surface area contributed by atoms with Gasteiger partial charge in [0.1, 0.15) is 6.61 Å². The lowest BCUT2D eigenvalue weighted by atomic mass is 9.90. The Hall–Kier alpha value is -2.84. The fourth-order valence-corrected chi connectivity index (χ4v) is 7.78. The van der Waals surface area contributed by atoms with E-state index >= 15 is 0 Å². The molecule has 0 spiro atoms. The number of likely N-dealkylation sites (N-methyl/N-ethyl adjacent to an activating group) is 1. The van der Waals surface area contributed by atoms with Gasteiger partial charge in [0.05, 0.1) is 6.54 Å². The third-order valence-corrected chi connectivity index (χ3v) is 10.6. The quantitative estimate of drug-likeness (QED) is 0.237. The van der Waals surface area contributed by atoms with Crippen LogP contribution in [-0.4, -0.2) is 70.6 Å². The van der Waals surface area contributed by atoms with Crippen LogP contribution >= 0.6 is 0 Å². The third-order valence-electron chi connectivity index (χ3n) is 9.15. The number of piperidine rings is 1. The largest absolute Gasteiger partial charge is 0.445 e. The van der Waals surface area contributed by atoms with Crippen LogP contribution in [0.4, 0.5) is 4.79 Å². The van der Waals surface area contributed by atoms with Crippen LogP contribution in [0.15, 0.2) is 89.8 Å². The summed E-state index contributed by atoms with van der Waals surface area (Å²) < 4.78 is 18.9. The number of aryl methyl sites for hydroxylation is 1. The Kier molecular flexibility index (Phi) is 10.3. The summed E-state index contributed by atoms with van der Waals surface area (Å²) in [6.07, 6.45) is 4.06. The van der Waals surface area contributed by atoms with Gasteiger partial charge in [0, 0.05) is 38.1 Å². The fourth-order valence-electron chi connectivity index (χ4n) is 6.66. The Morgan fingerprint density at radius 2 is 1.71 bits per heavy atom. The number of hydrogen-bond acceptors (Lipinski definition) is 5. The molecule has 3 atom stereocenters. The maximum atomic E-state index is 12.9. The molecule has 2 aliphatic rings. The molecule has 1 N–H and O–H groups in total. The molecule has 42 heavy (non-hydrogen) atoms. The first-order valence-corrected chi connectivity index (χ1v) is 16.5. The lowest BCUT2D eigenvalue weighted by molar-refractivity contribution is 0.0627. The Morgan fingerprint density at radius 3 is 2.38 bits per heavy atom. The standard InChI is InChI=1S/C35H46N3O3S/c1-4-38(34(39)41-26-29-13-7-5-8-14-29)32-19-22-37(23-20-32)21-18-31-25-35(31,30-15-11-12-28(2)24-30)27-36(3)42(40)33-16-9-6-10-17-33/h5-17,24,31-32,40H,4,18-23,25-27H2,1-3H3/q+1/t31-,35-,42?/m1/s1. The summed E-state index contributed by atoms with van der Waals surface area (Å²) in [6, 6.07) is 29.1. The van der Waals surface area contributed by atoms with Crippen molar-refractivity contribution >= 4 is 17.5 Å².